The van der Waals surface area contributed by atoms with Crippen LogP contribution in [0, 0.1) is 5.92 Å². The Morgan fingerprint density at radius 3 is 2.34 bits per heavy atom. The number of rotatable bonds is 7. The second-order valence-corrected chi connectivity index (χ2v) is 10.3. The van der Waals surface area contributed by atoms with Crippen molar-refractivity contribution in [2.45, 2.75) is 51.0 Å². The summed E-state index contributed by atoms with van der Waals surface area (Å²) >= 11 is 0. The Labute approximate surface area is 173 Å². The summed E-state index contributed by atoms with van der Waals surface area (Å²) < 4.78 is 27.5. The Hall–Kier alpha value is -1.93. The first-order chi connectivity index (χ1) is 13.7. The third-order valence-electron chi connectivity index (χ3n) is 5.60. The lowest BCUT2D eigenvalue weighted by molar-refractivity contribution is -0.129. The van der Waals surface area contributed by atoms with Crippen LogP contribution >= 0.6 is 0 Å². The number of hydrogen-bond donors (Lipinski definition) is 0. The van der Waals surface area contributed by atoms with Gasteiger partial charge in [0.1, 0.15) is 0 Å². The maximum Gasteiger partial charge on any atom is 0.254 e. The monoisotopic (exact) mass is 421 g/mol. The van der Waals surface area contributed by atoms with Gasteiger partial charge in [-0.25, -0.2) is 8.42 Å². The van der Waals surface area contributed by atoms with Crippen LogP contribution in [0.1, 0.15) is 50.4 Å². The maximum absolute atomic E-state index is 13.1. The molecule has 2 amide bonds. The SMILES string of the molecule is CC(=O)N1CCN(S(=O)(=O)c2cccc(C(=O)N(CCC(C)C)C3CC3)c2)CC1. The Kier molecular flexibility index (Phi) is 6.63. The average Bonchev–Trinajstić information content (AvgIpc) is 3.53. The van der Waals surface area contributed by atoms with Crippen molar-refractivity contribution in [3.05, 3.63) is 29.8 Å². The zero-order valence-electron chi connectivity index (χ0n) is 17.5. The minimum Gasteiger partial charge on any atom is -0.340 e. The largest absolute Gasteiger partial charge is 0.340 e. The van der Waals surface area contributed by atoms with Gasteiger partial charge in [-0.1, -0.05) is 19.9 Å². The zero-order valence-corrected chi connectivity index (χ0v) is 18.3. The molecule has 2 fully saturated rings. The van der Waals surface area contributed by atoms with E-state index in [2.05, 4.69) is 13.8 Å². The van der Waals surface area contributed by atoms with Crippen molar-refractivity contribution < 1.29 is 18.0 Å². The van der Waals surface area contributed by atoms with Crippen molar-refractivity contribution in [1.82, 2.24) is 14.1 Å². The van der Waals surface area contributed by atoms with Crippen molar-refractivity contribution in [3.8, 4) is 0 Å². The Morgan fingerprint density at radius 2 is 1.79 bits per heavy atom. The van der Waals surface area contributed by atoms with Gasteiger partial charge in [-0.15, -0.1) is 0 Å². The van der Waals surface area contributed by atoms with E-state index in [0.29, 0.717) is 31.1 Å². The molecule has 0 bridgehead atoms. The van der Waals surface area contributed by atoms with Crippen molar-refractivity contribution in [3.63, 3.8) is 0 Å². The topological polar surface area (TPSA) is 78.0 Å². The van der Waals surface area contributed by atoms with Crippen molar-refractivity contribution >= 4 is 21.8 Å². The highest BCUT2D eigenvalue weighted by molar-refractivity contribution is 7.89. The lowest BCUT2D eigenvalue weighted by Crippen LogP contribution is -2.49. The molecule has 160 valence electrons. The summed E-state index contributed by atoms with van der Waals surface area (Å²) in [5.74, 6) is 0.368. The third-order valence-corrected chi connectivity index (χ3v) is 7.49. The molecular formula is C21H31N3O4S. The summed E-state index contributed by atoms with van der Waals surface area (Å²) in [6.45, 7) is 7.76. The molecule has 0 aromatic heterocycles. The first-order valence-electron chi connectivity index (χ1n) is 10.4. The first-order valence-corrected chi connectivity index (χ1v) is 11.8. The fourth-order valence-electron chi connectivity index (χ4n) is 3.58. The second kappa shape index (κ2) is 8.83. The van der Waals surface area contributed by atoms with Gasteiger partial charge in [0.15, 0.2) is 0 Å². The van der Waals surface area contributed by atoms with Crippen LogP contribution in [0.5, 0.6) is 0 Å². The standard InChI is InChI=1S/C21H31N3O4S/c1-16(2)9-10-24(19-7-8-19)21(26)18-5-4-6-20(15-18)29(27,28)23-13-11-22(12-14-23)17(3)25/h4-6,15-16,19H,7-14H2,1-3H3. The fraction of sp³-hybridized carbons (Fsp3) is 0.619. The van der Waals surface area contributed by atoms with E-state index in [1.807, 2.05) is 4.90 Å². The molecule has 0 radical (unpaired) electrons. The number of carbonyl (C=O) groups is 2. The number of piperazine rings is 1. The van der Waals surface area contributed by atoms with E-state index in [1.165, 1.54) is 17.3 Å². The molecule has 0 N–H and O–H groups in total. The van der Waals surface area contributed by atoms with Crippen molar-refractivity contribution in [1.29, 1.82) is 0 Å². The number of benzene rings is 1. The maximum atomic E-state index is 13.1. The number of carbonyl (C=O) groups excluding carboxylic acids is 2. The van der Waals surface area contributed by atoms with Gasteiger partial charge in [0.05, 0.1) is 4.90 Å². The Balaban J connectivity index is 1.76. The van der Waals surface area contributed by atoms with Gasteiger partial charge in [0.2, 0.25) is 15.9 Å². The van der Waals surface area contributed by atoms with Crippen LogP contribution in [0.15, 0.2) is 29.2 Å². The van der Waals surface area contributed by atoms with E-state index < -0.39 is 10.0 Å². The summed E-state index contributed by atoms with van der Waals surface area (Å²) in [4.78, 5) is 28.3. The van der Waals surface area contributed by atoms with E-state index >= 15 is 0 Å². The van der Waals surface area contributed by atoms with Gasteiger partial charge in [-0.2, -0.15) is 4.31 Å². The van der Waals surface area contributed by atoms with Crippen LogP contribution in [-0.4, -0.2) is 73.1 Å². The number of nitrogens with zero attached hydrogens (tertiary/aromatic N) is 3. The summed E-state index contributed by atoms with van der Waals surface area (Å²) in [5.41, 5.74) is 0.420. The number of amides is 2. The van der Waals surface area contributed by atoms with Crippen molar-refractivity contribution in [2.75, 3.05) is 32.7 Å². The van der Waals surface area contributed by atoms with E-state index in [4.69, 9.17) is 0 Å². The molecule has 0 spiro atoms. The highest BCUT2D eigenvalue weighted by Crippen LogP contribution is 2.29. The molecule has 2 aliphatic rings. The normalized spacial score (nSPS) is 18.1. The van der Waals surface area contributed by atoms with Gasteiger partial charge in [-0.05, 0) is 43.4 Å². The quantitative estimate of drug-likeness (QED) is 0.676. The Bertz CT molecular complexity index is 856. The minimum atomic E-state index is -3.70. The molecule has 1 aliphatic carbocycles. The van der Waals surface area contributed by atoms with Crippen LogP contribution in [-0.2, 0) is 14.8 Å². The van der Waals surface area contributed by atoms with Gasteiger partial charge >= 0.3 is 0 Å². The van der Waals surface area contributed by atoms with Crippen LogP contribution in [0.25, 0.3) is 0 Å². The van der Waals surface area contributed by atoms with E-state index in [-0.39, 0.29) is 35.8 Å². The zero-order chi connectivity index (χ0) is 21.2. The van der Waals surface area contributed by atoms with E-state index in [1.54, 1.807) is 23.1 Å². The van der Waals surface area contributed by atoms with Crippen LogP contribution in [0.2, 0.25) is 0 Å². The summed E-state index contributed by atoms with van der Waals surface area (Å²) in [6.07, 6.45) is 2.96. The molecule has 1 heterocycles. The number of hydrogen-bond acceptors (Lipinski definition) is 4. The van der Waals surface area contributed by atoms with E-state index in [9.17, 15) is 18.0 Å². The molecule has 8 heteroatoms. The predicted octanol–water partition coefficient (Wildman–Crippen LogP) is 2.19. The van der Waals surface area contributed by atoms with Gasteiger partial charge in [0, 0.05) is 51.3 Å². The highest BCUT2D eigenvalue weighted by atomic mass is 32.2. The minimum absolute atomic E-state index is 0.0452. The molecule has 1 saturated carbocycles. The summed E-state index contributed by atoms with van der Waals surface area (Å²) in [6, 6.07) is 6.65. The van der Waals surface area contributed by atoms with Gasteiger partial charge in [-0.3, -0.25) is 9.59 Å². The van der Waals surface area contributed by atoms with Crippen molar-refractivity contribution in [2.24, 2.45) is 5.92 Å². The molecule has 7 nitrogen and oxygen atoms in total. The molecule has 1 aromatic rings. The predicted molar refractivity (Wildman–Crippen MR) is 111 cm³/mol. The molecule has 3 rings (SSSR count). The lowest BCUT2D eigenvalue weighted by Gasteiger charge is -2.33. The van der Waals surface area contributed by atoms with E-state index in [0.717, 1.165) is 19.3 Å². The third kappa shape index (κ3) is 5.17. The highest BCUT2D eigenvalue weighted by Gasteiger charge is 2.34. The van der Waals surface area contributed by atoms with Crippen LogP contribution in [0.4, 0.5) is 0 Å². The molecule has 1 aromatic carbocycles. The molecule has 0 atom stereocenters. The van der Waals surface area contributed by atoms with Gasteiger partial charge in [0.25, 0.3) is 5.91 Å². The molecule has 0 unspecified atom stereocenters. The average molecular weight is 422 g/mol. The lowest BCUT2D eigenvalue weighted by atomic mass is 10.1. The number of sulfonamides is 1. The summed E-state index contributed by atoms with van der Waals surface area (Å²) in [5, 5.41) is 0. The smallest absolute Gasteiger partial charge is 0.254 e. The molecule has 1 saturated heterocycles. The second-order valence-electron chi connectivity index (χ2n) is 8.35. The Morgan fingerprint density at radius 1 is 1.14 bits per heavy atom. The first kappa shape index (κ1) is 21.8. The van der Waals surface area contributed by atoms with Crippen LogP contribution in [0.3, 0.4) is 0 Å². The van der Waals surface area contributed by atoms with Crippen LogP contribution < -0.4 is 0 Å². The molecule has 29 heavy (non-hydrogen) atoms. The van der Waals surface area contributed by atoms with Gasteiger partial charge < -0.3 is 9.80 Å². The molecule has 1 aliphatic heterocycles. The fourth-order valence-corrected chi connectivity index (χ4v) is 5.05. The molecular weight excluding hydrogens is 390 g/mol. The summed E-state index contributed by atoms with van der Waals surface area (Å²) in [7, 11) is -3.70.